The standard InChI is InChI=1S/C31H36O3S/c1-30-18-27(21-5-3-20(4-6-21)23-12-16-35-19-23)29-25-10-8-24(33)17-22(25)7-9-26(29)28(30)11-14-31(30,34)13-2-15-32/h3-6,12,16-17,19,26-28,32,34H,2,7-11,13-15,18H2,1H3/t26-,27+,28-,30+,31-/m0/s1. The number of aliphatic hydroxyl groups is 2. The van der Waals surface area contributed by atoms with Crippen molar-refractivity contribution in [2.24, 2.45) is 17.3 Å². The maximum atomic E-state index is 12.2. The van der Waals surface area contributed by atoms with Gasteiger partial charge >= 0.3 is 0 Å². The predicted molar refractivity (Wildman–Crippen MR) is 141 cm³/mol. The molecule has 2 fully saturated rings. The lowest BCUT2D eigenvalue weighted by Gasteiger charge is -2.55. The third-order valence-corrected chi connectivity index (χ3v) is 10.7. The molecule has 0 bridgehead atoms. The summed E-state index contributed by atoms with van der Waals surface area (Å²) in [5.41, 5.74) is 7.28. The quantitative estimate of drug-likeness (QED) is 0.486. The highest BCUT2D eigenvalue weighted by atomic mass is 32.1. The van der Waals surface area contributed by atoms with Crippen LogP contribution in [0.2, 0.25) is 0 Å². The van der Waals surface area contributed by atoms with Crippen molar-refractivity contribution in [3.8, 4) is 11.1 Å². The molecule has 4 aliphatic rings. The Kier molecular flexibility index (Phi) is 5.90. The highest BCUT2D eigenvalue weighted by Crippen LogP contribution is 2.67. The second-order valence-electron chi connectivity index (χ2n) is 11.5. The van der Waals surface area contributed by atoms with Gasteiger partial charge in [0.25, 0.3) is 0 Å². The first-order valence-electron chi connectivity index (χ1n) is 13.4. The van der Waals surface area contributed by atoms with Crippen molar-refractivity contribution < 1.29 is 15.0 Å². The SMILES string of the molecule is C[C@@]12C[C@H](c3ccc(-c4ccsc4)cc3)C3=C4CCC(=O)C=C4CC[C@H]3[C@@H]1CC[C@@]2(O)CCCO. The fraction of sp³-hybridized carbons (Fsp3) is 0.516. The molecule has 2 aromatic rings. The number of carbonyl (C=O) groups is 1. The Morgan fingerprint density at radius 1 is 1.06 bits per heavy atom. The van der Waals surface area contributed by atoms with Crippen LogP contribution in [0.15, 0.2) is 63.9 Å². The van der Waals surface area contributed by atoms with Crippen molar-refractivity contribution >= 4 is 17.1 Å². The van der Waals surface area contributed by atoms with Gasteiger partial charge in [0.05, 0.1) is 5.60 Å². The number of hydrogen-bond donors (Lipinski definition) is 2. The third kappa shape index (κ3) is 3.72. The lowest BCUT2D eigenvalue weighted by atomic mass is 9.51. The molecule has 4 heteroatoms. The van der Waals surface area contributed by atoms with Gasteiger partial charge in [-0.15, -0.1) is 0 Å². The van der Waals surface area contributed by atoms with Gasteiger partial charge < -0.3 is 10.2 Å². The zero-order chi connectivity index (χ0) is 24.2. The highest BCUT2D eigenvalue weighted by molar-refractivity contribution is 7.08. The number of carbonyl (C=O) groups excluding carboxylic acids is 1. The van der Waals surface area contributed by atoms with E-state index >= 15 is 0 Å². The van der Waals surface area contributed by atoms with Crippen LogP contribution in [-0.4, -0.2) is 28.2 Å². The fourth-order valence-electron chi connectivity index (χ4n) is 8.17. The molecule has 1 heterocycles. The van der Waals surface area contributed by atoms with Gasteiger partial charge in [0, 0.05) is 24.4 Å². The zero-order valence-corrected chi connectivity index (χ0v) is 21.4. The maximum Gasteiger partial charge on any atom is 0.156 e. The third-order valence-electron chi connectivity index (χ3n) is 9.97. The van der Waals surface area contributed by atoms with Crippen molar-refractivity contribution in [3.05, 3.63) is 69.5 Å². The van der Waals surface area contributed by atoms with E-state index < -0.39 is 5.60 Å². The Balaban J connectivity index is 1.46. The van der Waals surface area contributed by atoms with Gasteiger partial charge in [-0.05, 0) is 114 Å². The molecular formula is C31H36O3S. The number of rotatable bonds is 5. The number of hydrogen-bond acceptors (Lipinski definition) is 4. The van der Waals surface area contributed by atoms with Crippen LogP contribution >= 0.6 is 11.3 Å². The number of thiophene rings is 1. The minimum Gasteiger partial charge on any atom is -0.396 e. The molecule has 0 saturated heterocycles. The smallest absolute Gasteiger partial charge is 0.156 e. The Hall–Kier alpha value is -2.01. The first kappa shape index (κ1) is 23.4. The zero-order valence-electron chi connectivity index (χ0n) is 20.6. The van der Waals surface area contributed by atoms with Gasteiger partial charge in [0.2, 0.25) is 0 Å². The topological polar surface area (TPSA) is 57.5 Å². The Morgan fingerprint density at radius 3 is 2.63 bits per heavy atom. The van der Waals surface area contributed by atoms with E-state index in [4.69, 9.17) is 0 Å². The number of allylic oxidation sites excluding steroid dienone is 4. The van der Waals surface area contributed by atoms with Crippen LogP contribution in [0.1, 0.15) is 76.2 Å². The summed E-state index contributed by atoms with van der Waals surface area (Å²) in [6.45, 7) is 2.48. The summed E-state index contributed by atoms with van der Waals surface area (Å²) in [7, 11) is 0. The van der Waals surface area contributed by atoms with E-state index in [1.54, 1.807) is 16.9 Å². The second-order valence-corrected chi connectivity index (χ2v) is 12.3. The maximum absolute atomic E-state index is 12.2. The average Bonchev–Trinajstić information content (AvgIpc) is 3.49. The minimum absolute atomic E-state index is 0.136. The van der Waals surface area contributed by atoms with Gasteiger partial charge in [0.1, 0.15) is 0 Å². The van der Waals surface area contributed by atoms with Crippen LogP contribution < -0.4 is 0 Å². The molecule has 0 spiro atoms. The molecule has 0 unspecified atom stereocenters. The van der Waals surface area contributed by atoms with Crippen LogP contribution in [0.25, 0.3) is 11.1 Å². The number of ketones is 1. The van der Waals surface area contributed by atoms with Gasteiger partial charge in [-0.25, -0.2) is 0 Å². The normalized spacial score (nSPS) is 34.3. The van der Waals surface area contributed by atoms with E-state index in [1.807, 2.05) is 6.08 Å². The predicted octanol–water partition coefficient (Wildman–Crippen LogP) is 6.82. The van der Waals surface area contributed by atoms with Crippen LogP contribution in [0.5, 0.6) is 0 Å². The van der Waals surface area contributed by atoms with Gasteiger partial charge in [-0.2, -0.15) is 11.3 Å². The van der Waals surface area contributed by atoms with Crippen molar-refractivity contribution in [2.75, 3.05) is 6.61 Å². The van der Waals surface area contributed by atoms with Crippen LogP contribution in [0, 0.1) is 17.3 Å². The molecule has 2 saturated carbocycles. The molecule has 0 radical (unpaired) electrons. The molecule has 4 aliphatic carbocycles. The van der Waals surface area contributed by atoms with Gasteiger partial charge in [-0.1, -0.05) is 36.8 Å². The molecule has 5 atom stereocenters. The molecule has 0 amide bonds. The molecule has 2 N–H and O–H groups in total. The molecule has 0 aliphatic heterocycles. The number of benzene rings is 1. The fourth-order valence-corrected chi connectivity index (χ4v) is 8.84. The van der Waals surface area contributed by atoms with Crippen molar-refractivity contribution in [1.82, 2.24) is 0 Å². The largest absolute Gasteiger partial charge is 0.396 e. The van der Waals surface area contributed by atoms with Crippen molar-refractivity contribution in [3.63, 3.8) is 0 Å². The van der Waals surface area contributed by atoms with Crippen molar-refractivity contribution in [1.29, 1.82) is 0 Å². The van der Waals surface area contributed by atoms with Crippen LogP contribution in [0.3, 0.4) is 0 Å². The summed E-state index contributed by atoms with van der Waals surface area (Å²) in [5, 5.41) is 25.8. The van der Waals surface area contributed by atoms with E-state index in [1.165, 1.54) is 27.8 Å². The van der Waals surface area contributed by atoms with E-state index in [0.717, 1.165) is 38.5 Å². The van der Waals surface area contributed by atoms with E-state index in [-0.39, 0.29) is 23.7 Å². The summed E-state index contributed by atoms with van der Waals surface area (Å²) in [4.78, 5) is 12.2. The monoisotopic (exact) mass is 488 g/mol. The Morgan fingerprint density at radius 2 is 1.89 bits per heavy atom. The second kappa shape index (κ2) is 8.83. The summed E-state index contributed by atoms with van der Waals surface area (Å²) < 4.78 is 0. The summed E-state index contributed by atoms with van der Waals surface area (Å²) in [6, 6.07) is 11.3. The van der Waals surface area contributed by atoms with E-state index in [2.05, 4.69) is 48.0 Å². The molecule has 6 rings (SSSR count). The first-order valence-corrected chi connectivity index (χ1v) is 14.3. The van der Waals surface area contributed by atoms with E-state index in [9.17, 15) is 15.0 Å². The number of fused-ring (bicyclic) bond motifs is 4. The van der Waals surface area contributed by atoms with Crippen LogP contribution in [0.4, 0.5) is 0 Å². The van der Waals surface area contributed by atoms with Gasteiger partial charge in [-0.3, -0.25) is 4.79 Å². The lowest BCUT2D eigenvalue weighted by molar-refractivity contribution is -0.114. The summed E-state index contributed by atoms with van der Waals surface area (Å²) in [5.74, 6) is 1.48. The molecule has 35 heavy (non-hydrogen) atoms. The minimum atomic E-state index is -0.718. The molecule has 3 nitrogen and oxygen atoms in total. The highest BCUT2D eigenvalue weighted by Gasteiger charge is 2.62. The van der Waals surface area contributed by atoms with E-state index in [0.29, 0.717) is 31.1 Å². The van der Waals surface area contributed by atoms with Crippen LogP contribution in [-0.2, 0) is 4.79 Å². The Labute approximate surface area is 212 Å². The molecule has 1 aromatic carbocycles. The van der Waals surface area contributed by atoms with Crippen molar-refractivity contribution in [2.45, 2.75) is 76.2 Å². The average molecular weight is 489 g/mol. The molecule has 184 valence electrons. The Bertz CT molecular complexity index is 1170. The number of aliphatic hydroxyl groups excluding tert-OH is 1. The lowest BCUT2D eigenvalue weighted by Crippen LogP contribution is -2.51. The van der Waals surface area contributed by atoms with Gasteiger partial charge in [0.15, 0.2) is 5.78 Å². The molecule has 1 aromatic heterocycles. The molecular weight excluding hydrogens is 452 g/mol. The first-order chi connectivity index (χ1) is 16.9. The summed E-state index contributed by atoms with van der Waals surface area (Å²) >= 11 is 1.72. The summed E-state index contributed by atoms with van der Waals surface area (Å²) in [6.07, 6.45) is 9.66.